The van der Waals surface area contributed by atoms with Gasteiger partial charge in [0, 0.05) is 18.3 Å². The Labute approximate surface area is 166 Å². The van der Waals surface area contributed by atoms with Crippen LogP contribution in [0.3, 0.4) is 0 Å². The molecule has 4 rings (SSSR count). The Balaban J connectivity index is 0.00000210. The van der Waals surface area contributed by atoms with Crippen molar-refractivity contribution in [1.29, 1.82) is 0 Å². The van der Waals surface area contributed by atoms with Gasteiger partial charge in [-0.2, -0.15) is 0 Å². The molecule has 0 saturated heterocycles. The van der Waals surface area contributed by atoms with Gasteiger partial charge in [-0.3, -0.25) is 15.1 Å². The Morgan fingerprint density at radius 3 is 3.04 bits per heavy atom. The highest BCUT2D eigenvalue weighted by Crippen LogP contribution is 2.20. The van der Waals surface area contributed by atoms with Crippen LogP contribution in [0.15, 0.2) is 42.7 Å². The maximum absolute atomic E-state index is 12.5. The number of nitrogens with one attached hydrogen (secondary N) is 2. The van der Waals surface area contributed by atoms with Crippen molar-refractivity contribution < 1.29 is 9.53 Å². The number of amides is 1. The van der Waals surface area contributed by atoms with E-state index < -0.39 is 0 Å². The van der Waals surface area contributed by atoms with E-state index in [1.165, 1.54) is 22.5 Å². The first kappa shape index (κ1) is 19.2. The normalized spacial score (nSPS) is 12.6. The summed E-state index contributed by atoms with van der Waals surface area (Å²) in [6.07, 6.45) is 4.25. The van der Waals surface area contributed by atoms with Crippen LogP contribution in [0, 0.1) is 0 Å². The predicted molar refractivity (Wildman–Crippen MR) is 106 cm³/mol. The van der Waals surface area contributed by atoms with E-state index in [9.17, 15) is 4.79 Å². The van der Waals surface area contributed by atoms with Crippen LogP contribution in [-0.2, 0) is 19.6 Å². The largest absolute Gasteiger partial charge is 0.485 e. The SMILES string of the molecule is Cl.O=C(Nc1nnc(COc2cccnc2)s1)c1ccc2c(c1)CCNC2. The molecule has 0 spiro atoms. The molecule has 9 heteroatoms. The molecular weight excluding hydrogens is 386 g/mol. The number of hydrogen-bond acceptors (Lipinski definition) is 7. The van der Waals surface area contributed by atoms with Crippen molar-refractivity contribution in [3.05, 3.63) is 64.4 Å². The summed E-state index contributed by atoms with van der Waals surface area (Å²) in [5.41, 5.74) is 3.10. The van der Waals surface area contributed by atoms with E-state index in [1.54, 1.807) is 18.5 Å². The van der Waals surface area contributed by atoms with Crippen molar-refractivity contribution in [2.24, 2.45) is 0 Å². The van der Waals surface area contributed by atoms with Crippen molar-refractivity contribution >= 4 is 34.8 Å². The topological polar surface area (TPSA) is 89.0 Å². The highest BCUT2D eigenvalue weighted by atomic mass is 35.5. The summed E-state index contributed by atoms with van der Waals surface area (Å²) < 4.78 is 5.58. The molecule has 1 amide bonds. The third kappa shape index (κ3) is 4.79. The van der Waals surface area contributed by atoms with Gasteiger partial charge in [-0.15, -0.1) is 22.6 Å². The van der Waals surface area contributed by atoms with Gasteiger partial charge in [0.1, 0.15) is 12.4 Å². The van der Waals surface area contributed by atoms with Crippen LogP contribution in [-0.4, -0.2) is 27.6 Å². The predicted octanol–water partition coefficient (Wildman–Crippen LogP) is 2.83. The lowest BCUT2D eigenvalue weighted by Gasteiger charge is -2.17. The zero-order chi connectivity index (χ0) is 17.8. The van der Waals surface area contributed by atoms with Gasteiger partial charge in [0.05, 0.1) is 6.20 Å². The molecule has 3 aromatic rings. The Morgan fingerprint density at radius 1 is 1.26 bits per heavy atom. The molecule has 0 saturated carbocycles. The Kier molecular flexibility index (Phi) is 6.33. The average molecular weight is 404 g/mol. The minimum Gasteiger partial charge on any atom is -0.485 e. The van der Waals surface area contributed by atoms with E-state index in [0.717, 1.165) is 19.5 Å². The fraction of sp³-hybridized carbons (Fsp3) is 0.222. The number of benzene rings is 1. The molecule has 0 aliphatic carbocycles. The highest BCUT2D eigenvalue weighted by Gasteiger charge is 2.14. The molecule has 0 radical (unpaired) electrons. The van der Waals surface area contributed by atoms with Crippen LogP contribution in [0.5, 0.6) is 5.75 Å². The van der Waals surface area contributed by atoms with Gasteiger partial charge in [-0.25, -0.2) is 0 Å². The number of rotatable bonds is 5. The molecule has 0 bridgehead atoms. The van der Waals surface area contributed by atoms with Gasteiger partial charge >= 0.3 is 0 Å². The van der Waals surface area contributed by atoms with Crippen molar-refractivity contribution in [3.8, 4) is 5.75 Å². The maximum Gasteiger partial charge on any atom is 0.257 e. The van der Waals surface area contributed by atoms with E-state index in [0.29, 0.717) is 21.5 Å². The molecule has 0 fully saturated rings. The van der Waals surface area contributed by atoms with Gasteiger partial charge in [0.15, 0.2) is 5.01 Å². The number of ether oxygens (including phenoxy) is 1. The second kappa shape index (κ2) is 8.90. The second-order valence-corrected chi connectivity index (χ2v) is 6.90. The third-order valence-corrected chi connectivity index (χ3v) is 4.85. The molecule has 2 aromatic heterocycles. The summed E-state index contributed by atoms with van der Waals surface area (Å²) in [7, 11) is 0. The van der Waals surface area contributed by atoms with E-state index in [1.807, 2.05) is 24.3 Å². The van der Waals surface area contributed by atoms with E-state index in [4.69, 9.17) is 4.74 Å². The molecule has 0 atom stereocenters. The minimum absolute atomic E-state index is 0. The fourth-order valence-electron chi connectivity index (χ4n) is 2.73. The quantitative estimate of drug-likeness (QED) is 0.681. The smallest absolute Gasteiger partial charge is 0.257 e. The standard InChI is InChI=1S/C18H17N5O2S.ClH/c24-17(13-3-4-14-9-20-7-5-12(14)8-13)21-18-23-22-16(26-18)11-25-15-2-1-6-19-10-15;/h1-4,6,8,10,20H,5,7,9,11H2,(H,21,23,24);1H. The first-order valence-corrected chi connectivity index (χ1v) is 9.09. The van der Waals surface area contributed by atoms with Crippen LogP contribution >= 0.6 is 23.7 Å². The molecule has 2 N–H and O–H groups in total. The lowest BCUT2D eigenvalue weighted by atomic mass is 9.98. The van der Waals surface area contributed by atoms with Crippen LogP contribution in [0.4, 0.5) is 5.13 Å². The zero-order valence-electron chi connectivity index (χ0n) is 14.3. The van der Waals surface area contributed by atoms with Gasteiger partial charge in [-0.1, -0.05) is 17.4 Å². The molecule has 27 heavy (non-hydrogen) atoms. The summed E-state index contributed by atoms with van der Waals surface area (Å²) in [6, 6.07) is 9.43. The van der Waals surface area contributed by atoms with Crippen molar-refractivity contribution in [1.82, 2.24) is 20.5 Å². The molecule has 7 nitrogen and oxygen atoms in total. The summed E-state index contributed by atoms with van der Waals surface area (Å²) in [5, 5.41) is 15.3. The fourth-order valence-corrected chi connectivity index (χ4v) is 3.38. The molecule has 1 aliphatic rings. The number of carbonyl (C=O) groups excluding carboxylic acids is 1. The zero-order valence-corrected chi connectivity index (χ0v) is 16.0. The number of carbonyl (C=O) groups is 1. The lowest BCUT2D eigenvalue weighted by Crippen LogP contribution is -2.24. The minimum atomic E-state index is -0.179. The molecular formula is C18H18ClN5O2S. The van der Waals surface area contributed by atoms with Gasteiger partial charge in [-0.05, 0) is 48.4 Å². The number of hydrogen-bond donors (Lipinski definition) is 2. The number of aromatic nitrogens is 3. The monoisotopic (exact) mass is 403 g/mol. The molecule has 1 aromatic carbocycles. The van der Waals surface area contributed by atoms with Gasteiger partial charge < -0.3 is 10.1 Å². The molecule has 140 valence electrons. The summed E-state index contributed by atoms with van der Waals surface area (Å²) >= 11 is 1.29. The Bertz CT molecular complexity index is 919. The Hall–Kier alpha value is -2.55. The number of nitrogens with zero attached hydrogens (tertiary/aromatic N) is 3. The molecule has 3 heterocycles. The van der Waals surface area contributed by atoms with Crippen molar-refractivity contribution in [3.63, 3.8) is 0 Å². The molecule has 1 aliphatic heterocycles. The van der Waals surface area contributed by atoms with Gasteiger partial charge in [0.2, 0.25) is 5.13 Å². The van der Waals surface area contributed by atoms with Crippen LogP contribution < -0.4 is 15.4 Å². The first-order valence-electron chi connectivity index (χ1n) is 8.27. The lowest BCUT2D eigenvalue weighted by molar-refractivity contribution is 0.102. The third-order valence-electron chi connectivity index (χ3n) is 4.04. The van der Waals surface area contributed by atoms with E-state index in [2.05, 4.69) is 25.8 Å². The summed E-state index contributed by atoms with van der Waals surface area (Å²) in [4.78, 5) is 16.4. The van der Waals surface area contributed by atoms with Crippen molar-refractivity contribution in [2.75, 3.05) is 11.9 Å². The maximum atomic E-state index is 12.5. The number of fused-ring (bicyclic) bond motifs is 1. The number of halogens is 1. The second-order valence-electron chi connectivity index (χ2n) is 5.84. The van der Waals surface area contributed by atoms with Crippen LogP contribution in [0.25, 0.3) is 0 Å². The first-order chi connectivity index (χ1) is 12.8. The Morgan fingerprint density at radius 2 is 2.19 bits per heavy atom. The number of pyridine rings is 1. The summed E-state index contributed by atoms with van der Waals surface area (Å²) in [5.74, 6) is 0.485. The van der Waals surface area contributed by atoms with Crippen LogP contribution in [0.2, 0.25) is 0 Å². The van der Waals surface area contributed by atoms with Crippen molar-refractivity contribution in [2.45, 2.75) is 19.6 Å². The molecule has 0 unspecified atom stereocenters. The van der Waals surface area contributed by atoms with E-state index >= 15 is 0 Å². The average Bonchev–Trinajstić information content (AvgIpc) is 3.14. The van der Waals surface area contributed by atoms with Gasteiger partial charge in [0.25, 0.3) is 5.91 Å². The summed E-state index contributed by atoms with van der Waals surface area (Å²) in [6.45, 7) is 2.08. The van der Waals surface area contributed by atoms with E-state index in [-0.39, 0.29) is 24.9 Å². The highest BCUT2D eigenvalue weighted by molar-refractivity contribution is 7.15. The number of anilines is 1. The van der Waals surface area contributed by atoms with Crippen LogP contribution in [0.1, 0.15) is 26.5 Å².